The van der Waals surface area contributed by atoms with Crippen LogP contribution in [0.5, 0.6) is 0 Å². The molecular formula is C10H15N5O2S. The van der Waals surface area contributed by atoms with E-state index < -0.39 is 4.92 Å². The van der Waals surface area contributed by atoms with Gasteiger partial charge in [-0.15, -0.1) is 0 Å². The minimum Gasteiger partial charge on any atom is -0.357 e. The van der Waals surface area contributed by atoms with Crippen molar-refractivity contribution in [3.8, 4) is 0 Å². The van der Waals surface area contributed by atoms with Gasteiger partial charge in [0, 0.05) is 25.9 Å². The van der Waals surface area contributed by atoms with Crippen LogP contribution >= 0.6 is 11.8 Å². The van der Waals surface area contributed by atoms with Gasteiger partial charge in [0.25, 0.3) is 0 Å². The summed E-state index contributed by atoms with van der Waals surface area (Å²) in [6, 6.07) is 0. The lowest BCUT2D eigenvalue weighted by atomic mass is 10.3. The minimum absolute atomic E-state index is 0.0269. The number of anilines is 2. The third-order valence-corrected chi connectivity index (χ3v) is 3.74. The van der Waals surface area contributed by atoms with Crippen LogP contribution in [-0.2, 0) is 0 Å². The first-order chi connectivity index (χ1) is 8.72. The molecule has 0 aromatic carbocycles. The fourth-order valence-corrected chi connectivity index (χ4v) is 2.69. The molecule has 1 aromatic rings. The number of nitro groups is 1. The number of thioether (sulfide) groups is 1. The van der Waals surface area contributed by atoms with Crippen LogP contribution in [0, 0.1) is 10.1 Å². The zero-order valence-electron chi connectivity index (χ0n) is 10.1. The summed E-state index contributed by atoms with van der Waals surface area (Å²) in [6.45, 7) is 1.58. The van der Waals surface area contributed by atoms with Crippen molar-refractivity contribution in [2.24, 2.45) is 0 Å². The molecule has 2 heterocycles. The summed E-state index contributed by atoms with van der Waals surface area (Å²) >= 11 is 1.87. The van der Waals surface area contributed by atoms with Crippen LogP contribution in [0.25, 0.3) is 0 Å². The van der Waals surface area contributed by atoms with Crippen LogP contribution in [0.2, 0.25) is 0 Å². The summed E-state index contributed by atoms with van der Waals surface area (Å²) in [4.78, 5) is 20.7. The lowest BCUT2D eigenvalue weighted by Crippen LogP contribution is -2.27. The second-order valence-corrected chi connectivity index (χ2v) is 5.09. The Morgan fingerprint density at radius 1 is 1.50 bits per heavy atom. The molecule has 0 aliphatic carbocycles. The molecule has 98 valence electrons. The van der Waals surface area contributed by atoms with Crippen molar-refractivity contribution in [2.75, 3.05) is 41.9 Å². The van der Waals surface area contributed by atoms with E-state index >= 15 is 0 Å². The predicted molar refractivity (Wildman–Crippen MR) is 72.4 cm³/mol. The largest absolute Gasteiger partial charge is 0.357 e. The molecule has 7 nitrogen and oxygen atoms in total. The maximum atomic E-state index is 11.0. The third kappa shape index (κ3) is 2.81. The van der Waals surface area contributed by atoms with Crippen LogP contribution in [0.3, 0.4) is 0 Å². The van der Waals surface area contributed by atoms with Crippen molar-refractivity contribution in [1.82, 2.24) is 9.97 Å². The lowest BCUT2D eigenvalue weighted by molar-refractivity contribution is -0.384. The van der Waals surface area contributed by atoms with Gasteiger partial charge in [-0.3, -0.25) is 10.1 Å². The van der Waals surface area contributed by atoms with E-state index in [1.165, 1.54) is 6.20 Å². The molecule has 1 aliphatic rings. The number of nitrogens with zero attached hydrogens (tertiary/aromatic N) is 4. The molecule has 1 saturated heterocycles. The van der Waals surface area contributed by atoms with E-state index in [4.69, 9.17) is 0 Å². The highest BCUT2D eigenvalue weighted by Gasteiger charge is 2.23. The molecule has 0 bridgehead atoms. The van der Waals surface area contributed by atoms with Gasteiger partial charge in [0.05, 0.1) is 4.92 Å². The monoisotopic (exact) mass is 269 g/mol. The van der Waals surface area contributed by atoms with Gasteiger partial charge in [0.1, 0.15) is 6.20 Å². The van der Waals surface area contributed by atoms with E-state index in [1.54, 1.807) is 7.05 Å². The molecular weight excluding hydrogens is 254 g/mol. The molecule has 1 aliphatic heterocycles. The summed E-state index contributed by atoms with van der Waals surface area (Å²) < 4.78 is 0. The van der Waals surface area contributed by atoms with Crippen LogP contribution in [0.1, 0.15) is 6.42 Å². The standard InChI is InChI=1S/C10H15N5O2S/c1-11-10-12-7-8(15(16)17)9(13-10)14-3-2-5-18-6-4-14/h7H,2-6H2,1H3,(H,11,12,13). The van der Waals surface area contributed by atoms with E-state index in [9.17, 15) is 10.1 Å². The van der Waals surface area contributed by atoms with Crippen molar-refractivity contribution < 1.29 is 4.92 Å². The van der Waals surface area contributed by atoms with Gasteiger partial charge in [-0.05, 0) is 12.2 Å². The van der Waals surface area contributed by atoms with Crippen molar-refractivity contribution in [3.63, 3.8) is 0 Å². The Morgan fingerprint density at radius 2 is 2.33 bits per heavy atom. The van der Waals surface area contributed by atoms with Gasteiger partial charge in [-0.25, -0.2) is 4.98 Å². The summed E-state index contributed by atoms with van der Waals surface area (Å²) in [7, 11) is 1.70. The van der Waals surface area contributed by atoms with E-state index in [0.717, 1.165) is 31.0 Å². The first kappa shape index (κ1) is 12.9. The van der Waals surface area contributed by atoms with Crippen molar-refractivity contribution in [3.05, 3.63) is 16.3 Å². The Bertz CT molecular complexity index is 434. The summed E-state index contributed by atoms with van der Waals surface area (Å²) in [5, 5.41) is 13.8. The van der Waals surface area contributed by atoms with E-state index in [1.807, 2.05) is 16.7 Å². The molecule has 8 heteroatoms. The molecule has 1 aromatic heterocycles. The Morgan fingerprint density at radius 3 is 3.06 bits per heavy atom. The number of rotatable bonds is 3. The van der Waals surface area contributed by atoms with Crippen LogP contribution in [-0.4, -0.2) is 46.5 Å². The normalized spacial score (nSPS) is 16.2. The SMILES string of the molecule is CNc1ncc([N+](=O)[O-])c(N2CCCSCC2)n1. The maximum absolute atomic E-state index is 11.0. The van der Waals surface area contributed by atoms with Crippen molar-refractivity contribution >= 4 is 29.2 Å². The fraction of sp³-hybridized carbons (Fsp3) is 0.600. The quantitative estimate of drug-likeness (QED) is 0.655. The Kier molecular flexibility index (Phi) is 4.19. The smallest absolute Gasteiger partial charge is 0.329 e. The van der Waals surface area contributed by atoms with E-state index in [2.05, 4.69) is 15.3 Å². The highest BCUT2D eigenvalue weighted by atomic mass is 32.2. The van der Waals surface area contributed by atoms with Crippen LogP contribution in [0.4, 0.5) is 17.5 Å². The molecule has 0 spiro atoms. The van der Waals surface area contributed by atoms with Gasteiger partial charge >= 0.3 is 5.69 Å². The van der Waals surface area contributed by atoms with E-state index in [-0.39, 0.29) is 5.69 Å². The number of nitrogens with one attached hydrogen (secondary N) is 1. The van der Waals surface area contributed by atoms with Crippen LogP contribution in [0.15, 0.2) is 6.20 Å². The predicted octanol–water partition coefficient (Wildman–Crippen LogP) is 1.37. The molecule has 0 radical (unpaired) electrons. The second kappa shape index (κ2) is 5.85. The molecule has 0 atom stereocenters. The number of aromatic nitrogens is 2. The maximum Gasteiger partial charge on any atom is 0.329 e. The molecule has 1 N–H and O–H groups in total. The van der Waals surface area contributed by atoms with Gasteiger partial charge in [-0.2, -0.15) is 16.7 Å². The van der Waals surface area contributed by atoms with Crippen molar-refractivity contribution in [2.45, 2.75) is 6.42 Å². The molecule has 0 saturated carbocycles. The first-order valence-corrected chi connectivity index (χ1v) is 6.89. The minimum atomic E-state index is -0.424. The van der Waals surface area contributed by atoms with Gasteiger partial charge in [0.15, 0.2) is 0 Å². The molecule has 2 rings (SSSR count). The van der Waals surface area contributed by atoms with Gasteiger partial charge in [-0.1, -0.05) is 0 Å². The fourth-order valence-electron chi connectivity index (χ4n) is 1.81. The molecule has 18 heavy (non-hydrogen) atoms. The highest BCUT2D eigenvalue weighted by molar-refractivity contribution is 7.99. The summed E-state index contributed by atoms with van der Waals surface area (Å²) in [5.74, 6) is 2.89. The zero-order chi connectivity index (χ0) is 13.0. The van der Waals surface area contributed by atoms with Crippen LogP contribution < -0.4 is 10.2 Å². The van der Waals surface area contributed by atoms with Gasteiger partial charge in [0.2, 0.25) is 11.8 Å². The average molecular weight is 269 g/mol. The molecule has 1 fully saturated rings. The summed E-state index contributed by atoms with van der Waals surface area (Å²) in [6.07, 6.45) is 2.28. The van der Waals surface area contributed by atoms with Crippen molar-refractivity contribution in [1.29, 1.82) is 0 Å². The number of hydrogen-bond acceptors (Lipinski definition) is 7. The van der Waals surface area contributed by atoms with Gasteiger partial charge < -0.3 is 10.2 Å². The third-order valence-electron chi connectivity index (χ3n) is 2.69. The Hall–Kier alpha value is -1.57. The lowest BCUT2D eigenvalue weighted by Gasteiger charge is -2.20. The molecule has 0 unspecified atom stereocenters. The average Bonchev–Trinajstić information content (AvgIpc) is 2.66. The topological polar surface area (TPSA) is 84.2 Å². The summed E-state index contributed by atoms with van der Waals surface area (Å²) in [5.41, 5.74) is -0.0269. The second-order valence-electron chi connectivity index (χ2n) is 3.86. The zero-order valence-corrected chi connectivity index (χ0v) is 10.9. The number of hydrogen-bond donors (Lipinski definition) is 1. The van der Waals surface area contributed by atoms with E-state index in [0.29, 0.717) is 11.8 Å². The Balaban J connectivity index is 2.35. The first-order valence-electron chi connectivity index (χ1n) is 5.74. The highest BCUT2D eigenvalue weighted by Crippen LogP contribution is 2.27. The Labute approximate surface area is 109 Å². The molecule has 0 amide bonds.